The quantitative estimate of drug-likeness (QED) is 0.479. The fourth-order valence-electron chi connectivity index (χ4n) is 2.94. The summed E-state index contributed by atoms with van der Waals surface area (Å²) in [5.74, 6) is 0. The average molecular weight is 332 g/mol. The van der Waals surface area contributed by atoms with Gasteiger partial charge in [-0.2, -0.15) is 0 Å². The van der Waals surface area contributed by atoms with Crippen molar-refractivity contribution in [3.8, 4) is 0 Å². The lowest BCUT2D eigenvalue weighted by Gasteiger charge is -2.38. The molecule has 23 heavy (non-hydrogen) atoms. The lowest BCUT2D eigenvalue weighted by molar-refractivity contribution is -0.293. The van der Waals surface area contributed by atoms with Crippen LogP contribution in [-0.2, 0) is 9.47 Å². The molecule has 5 atom stereocenters. The molecule has 138 valence electrons. The Bertz CT molecular complexity index is 287. The van der Waals surface area contributed by atoms with E-state index in [1.807, 2.05) is 0 Å². The van der Waals surface area contributed by atoms with E-state index in [1.165, 1.54) is 51.4 Å². The van der Waals surface area contributed by atoms with Crippen molar-refractivity contribution >= 4 is 0 Å². The molecule has 0 radical (unpaired) electrons. The molecule has 1 fully saturated rings. The van der Waals surface area contributed by atoms with E-state index in [-0.39, 0.29) is 0 Å². The summed E-state index contributed by atoms with van der Waals surface area (Å²) < 4.78 is 10.9. The highest BCUT2D eigenvalue weighted by Gasteiger charge is 2.42. The predicted octanol–water partition coefficient (Wildman–Crippen LogP) is 2.75. The van der Waals surface area contributed by atoms with Crippen molar-refractivity contribution < 1.29 is 24.8 Å². The number of hydrogen-bond acceptors (Lipinski definition) is 5. The van der Waals surface area contributed by atoms with E-state index < -0.39 is 30.7 Å². The summed E-state index contributed by atoms with van der Waals surface area (Å²) in [7, 11) is 0. The van der Waals surface area contributed by atoms with Gasteiger partial charge in [0.15, 0.2) is 6.29 Å². The van der Waals surface area contributed by atoms with Gasteiger partial charge in [0, 0.05) is 6.61 Å². The fourth-order valence-corrected chi connectivity index (χ4v) is 2.94. The van der Waals surface area contributed by atoms with Crippen LogP contribution in [0.4, 0.5) is 0 Å². The molecule has 1 saturated heterocycles. The molecule has 1 heterocycles. The van der Waals surface area contributed by atoms with Crippen molar-refractivity contribution in [2.24, 2.45) is 0 Å². The van der Waals surface area contributed by atoms with Gasteiger partial charge in [-0.05, 0) is 13.3 Å². The Morgan fingerprint density at radius 2 is 1.26 bits per heavy atom. The summed E-state index contributed by atoms with van der Waals surface area (Å²) in [6, 6.07) is 0. The van der Waals surface area contributed by atoms with Gasteiger partial charge in [-0.3, -0.25) is 0 Å². The van der Waals surface area contributed by atoms with E-state index in [0.717, 1.165) is 12.8 Å². The van der Waals surface area contributed by atoms with E-state index in [0.29, 0.717) is 6.61 Å². The summed E-state index contributed by atoms with van der Waals surface area (Å²) in [4.78, 5) is 0. The Morgan fingerprint density at radius 3 is 1.83 bits per heavy atom. The number of rotatable bonds is 12. The van der Waals surface area contributed by atoms with Gasteiger partial charge >= 0.3 is 0 Å². The van der Waals surface area contributed by atoms with Crippen LogP contribution in [-0.4, -0.2) is 52.6 Å². The summed E-state index contributed by atoms with van der Waals surface area (Å²) in [5.41, 5.74) is 0. The lowest BCUT2D eigenvalue weighted by Crippen LogP contribution is -2.57. The number of unbranched alkanes of at least 4 members (excludes halogenated alkanes) is 9. The Balaban J connectivity index is 1.96. The second-order valence-corrected chi connectivity index (χ2v) is 6.73. The molecule has 5 nitrogen and oxygen atoms in total. The molecular weight excluding hydrogens is 296 g/mol. The molecule has 1 unspecified atom stereocenters. The topological polar surface area (TPSA) is 79.2 Å². The van der Waals surface area contributed by atoms with Crippen molar-refractivity contribution in [2.75, 3.05) is 6.61 Å². The zero-order valence-electron chi connectivity index (χ0n) is 14.8. The standard InChI is InChI=1S/C18H36O5/c1-3-4-5-6-7-8-9-10-11-12-13-22-18-17(21)16(20)15(19)14(2)23-18/h14-21H,3-13H2,1-2H3/t14-,15-,16+,17+,18?/m1/s1. The van der Waals surface area contributed by atoms with Crippen molar-refractivity contribution in [1.29, 1.82) is 0 Å². The van der Waals surface area contributed by atoms with Crippen LogP contribution in [0.5, 0.6) is 0 Å². The van der Waals surface area contributed by atoms with E-state index in [9.17, 15) is 15.3 Å². The molecule has 0 spiro atoms. The monoisotopic (exact) mass is 332 g/mol. The zero-order valence-corrected chi connectivity index (χ0v) is 14.8. The minimum atomic E-state index is -1.21. The summed E-state index contributed by atoms with van der Waals surface area (Å²) in [5, 5.41) is 29.1. The molecule has 0 aliphatic carbocycles. The number of ether oxygens (including phenoxy) is 2. The predicted molar refractivity (Wildman–Crippen MR) is 90.2 cm³/mol. The summed E-state index contributed by atoms with van der Waals surface area (Å²) in [6.45, 7) is 4.41. The molecule has 0 bridgehead atoms. The van der Waals surface area contributed by atoms with Crippen LogP contribution >= 0.6 is 0 Å². The molecule has 5 heteroatoms. The first-order valence-corrected chi connectivity index (χ1v) is 9.39. The van der Waals surface area contributed by atoms with Crippen LogP contribution in [0.1, 0.15) is 78.1 Å². The van der Waals surface area contributed by atoms with Crippen molar-refractivity contribution in [1.82, 2.24) is 0 Å². The third-order valence-electron chi connectivity index (χ3n) is 4.59. The normalized spacial score (nSPS) is 31.4. The highest BCUT2D eigenvalue weighted by atomic mass is 16.7. The molecule has 0 aromatic heterocycles. The van der Waals surface area contributed by atoms with Gasteiger partial charge in [0.25, 0.3) is 0 Å². The molecular formula is C18H36O5. The third kappa shape index (κ3) is 7.94. The Kier molecular flexibility index (Phi) is 11.1. The van der Waals surface area contributed by atoms with Gasteiger partial charge < -0.3 is 24.8 Å². The first-order valence-electron chi connectivity index (χ1n) is 9.39. The van der Waals surface area contributed by atoms with Crippen LogP contribution in [0.3, 0.4) is 0 Å². The van der Waals surface area contributed by atoms with Gasteiger partial charge in [-0.25, -0.2) is 0 Å². The second kappa shape index (κ2) is 12.2. The molecule has 0 saturated carbocycles. The average Bonchev–Trinajstić information content (AvgIpc) is 2.55. The van der Waals surface area contributed by atoms with Crippen LogP contribution in [0.2, 0.25) is 0 Å². The van der Waals surface area contributed by atoms with E-state index in [1.54, 1.807) is 6.92 Å². The van der Waals surface area contributed by atoms with Gasteiger partial charge in [0.2, 0.25) is 0 Å². The van der Waals surface area contributed by atoms with E-state index >= 15 is 0 Å². The summed E-state index contributed by atoms with van der Waals surface area (Å²) >= 11 is 0. The van der Waals surface area contributed by atoms with Gasteiger partial charge in [-0.15, -0.1) is 0 Å². The fraction of sp³-hybridized carbons (Fsp3) is 1.00. The zero-order chi connectivity index (χ0) is 17.1. The van der Waals surface area contributed by atoms with Crippen molar-refractivity contribution in [3.05, 3.63) is 0 Å². The van der Waals surface area contributed by atoms with Gasteiger partial charge in [0.05, 0.1) is 6.10 Å². The van der Waals surface area contributed by atoms with Crippen LogP contribution in [0, 0.1) is 0 Å². The number of aliphatic hydroxyl groups is 3. The number of aliphatic hydroxyl groups excluding tert-OH is 3. The van der Waals surface area contributed by atoms with Crippen LogP contribution in [0.15, 0.2) is 0 Å². The summed E-state index contributed by atoms with van der Waals surface area (Å²) in [6.07, 6.45) is 7.72. The first-order chi connectivity index (χ1) is 11.1. The highest BCUT2D eigenvalue weighted by Crippen LogP contribution is 2.22. The molecule has 1 aliphatic rings. The lowest BCUT2D eigenvalue weighted by atomic mass is 10.00. The maximum absolute atomic E-state index is 9.83. The van der Waals surface area contributed by atoms with Crippen molar-refractivity contribution in [2.45, 2.75) is 109 Å². The molecule has 1 rings (SSSR count). The first kappa shape index (κ1) is 20.8. The molecule has 3 N–H and O–H groups in total. The Labute approximate surface area is 141 Å². The molecule has 0 aromatic carbocycles. The van der Waals surface area contributed by atoms with Gasteiger partial charge in [0.1, 0.15) is 18.3 Å². The Hall–Kier alpha value is -0.200. The third-order valence-corrected chi connectivity index (χ3v) is 4.59. The number of hydrogen-bond donors (Lipinski definition) is 3. The van der Waals surface area contributed by atoms with E-state index in [4.69, 9.17) is 9.47 Å². The molecule has 0 amide bonds. The Morgan fingerprint density at radius 1 is 0.739 bits per heavy atom. The van der Waals surface area contributed by atoms with Crippen LogP contribution in [0.25, 0.3) is 0 Å². The minimum absolute atomic E-state index is 0.508. The largest absolute Gasteiger partial charge is 0.388 e. The second-order valence-electron chi connectivity index (χ2n) is 6.73. The van der Waals surface area contributed by atoms with Gasteiger partial charge in [-0.1, -0.05) is 64.7 Å². The maximum atomic E-state index is 9.83. The molecule has 0 aromatic rings. The maximum Gasteiger partial charge on any atom is 0.186 e. The van der Waals surface area contributed by atoms with E-state index in [2.05, 4.69) is 6.92 Å². The van der Waals surface area contributed by atoms with Crippen LogP contribution < -0.4 is 0 Å². The SMILES string of the molecule is CCCCCCCCCCCCOC1O[C@H](C)[C@@H](O)[C@H](O)[C@@H]1O. The van der Waals surface area contributed by atoms with Crippen molar-refractivity contribution in [3.63, 3.8) is 0 Å². The minimum Gasteiger partial charge on any atom is -0.388 e. The highest BCUT2D eigenvalue weighted by molar-refractivity contribution is 4.87. The molecule has 1 aliphatic heterocycles. The smallest absolute Gasteiger partial charge is 0.186 e.